The molecule has 3 saturated carbocycles. The summed E-state index contributed by atoms with van der Waals surface area (Å²) in [4.78, 5) is 0. The second-order valence-electron chi connectivity index (χ2n) is 12.8. The van der Waals surface area contributed by atoms with Crippen molar-refractivity contribution in [3.8, 4) is 0 Å². The number of halogens is 4. The molecule has 4 aliphatic rings. The summed E-state index contributed by atoms with van der Waals surface area (Å²) in [6.45, 7) is 3.97. The van der Waals surface area contributed by atoms with Gasteiger partial charge < -0.3 is 9.47 Å². The smallest absolute Gasteiger partial charge is 0.352 e. The molecule has 2 nitrogen and oxygen atoms in total. The summed E-state index contributed by atoms with van der Waals surface area (Å²) in [6.07, 6.45) is 17.8. The summed E-state index contributed by atoms with van der Waals surface area (Å²) in [5, 5.41) is 0. The van der Waals surface area contributed by atoms with E-state index in [1.54, 1.807) is 0 Å². The van der Waals surface area contributed by atoms with Gasteiger partial charge in [0.25, 0.3) is 0 Å². The van der Waals surface area contributed by atoms with Crippen LogP contribution in [0.25, 0.3) is 0 Å². The zero-order valence-corrected chi connectivity index (χ0v) is 23.4. The lowest BCUT2D eigenvalue weighted by Gasteiger charge is -2.38. The van der Waals surface area contributed by atoms with Gasteiger partial charge in [0.15, 0.2) is 6.29 Å². The van der Waals surface area contributed by atoms with Crippen molar-refractivity contribution in [3.63, 3.8) is 0 Å². The highest BCUT2D eigenvalue weighted by atomic mass is 19.4. The highest BCUT2D eigenvalue weighted by Gasteiger charge is 2.35. The quantitative estimate of drug-likeness (QED) is 0.164. The predicted molar refractivity (Wildman–Crippen MR) is 144 cm³/mol. The van der Waals surface area contributed by atoms with Crippen LogP contribution >= 0.6 is 0 Å². The molecule has 4 fully saturated rings. The maximum atomic E-state index is 13.9. The first-order valence-corrected chi connectivity index (χ1v) is 15.7. The topological polar surface area (TPSA) is 18.5 Å². The van der Waals surface area contributed by atoms with Crippen LogP contribution in [0.15, 0.2) is 24.1 Å². The first-order valence-electron chi connectivity index (χ1n) is 15.7. The van der Waals surface area contributed by atoms with Crippen molar-refractivity contribution in [2.45, 2.75) is 122 Å². The van der Waals surface area contributed by atoms with Crippen LogP contribution in [-0.4, -0.2) is 25.7 Å². The third kappa shape index (κ3) is 9.35. The Bertz CT molecular complexity index is 731. The Balaban J connectivity index is 1.09. The number of hydrogen-bond donors (Lipinski definition) is 0. The molecule has 0 N–H and O–H groups in total. The number of rotatable bonds is 9. The van der Waals surface area contributed by atoms with Gasteiger partial charge in [-0.3, -0.25) is 0 Å². The van der Waals surface area contributed by atoms with Crippen LogP contribution in [0.5, 0.6) is 0 Å². The van der Waals surface area contributed by atoms with E-state index in [9.17, 15) is 17.6 Å². The van der Waals surface area contributed by atoms with Gasteiger partial charge in [0.1, 0.15) is 5.83 Å². The molecule has 3 aliphatic carbocycles. The Morgan fingerprint density at radius 1 is 0.711 bits per heavy atom. The first kappa shape index (κ1) is 30.1. The Morgan fingerprint density at radius 3 is 1.71 bits per heavy atom. The van der Waals surface area contributed by atoms with Crippen LogP contribution in [0, 0.1) is 41.4 Å². The molecule has 0 atom stereocenters. The third-order valence-corrected chi connectivity index (χ3v) is 10.0. The Hall–Kier alpha value is -0.880. The standard InChI is InChI=1S/C32H50F4O2/c1-2-3-4-5-25-21-37-31(38-22-25)29-14-10-24(11-15-29)7-6-23-8-12-26(13-9-23)27-16-18-28(19-17-27)30(33)20-32(34,35)36/h6-7,20,23-29,31H,2-5,8-19,21-22H2,1H3/b7-6+,30-20-. The van der Waals surface area contributed by atoms with Crippen LogP contribution in [0.2, 0.25) is 0 Å². The lowest BCUT2D eigenvalue weighted by Crippen LogP contribution is -2.38. The van der Waals surface area contributed by atoms with Crippen molar-refractivity contribution in [1.29, 1.82) is 0 Å². The lowest BCUT2D eigenvalue weighted by molar-refractivity contribution is -0.229. The summed E-state index contributed by atoms with van der Waals surface area (Å²) in [7, 11) is 0. The van der Waals surface area contributed by atoms with Crippen molar-refractivity contribution in [1.82, 2.24) is 0 Å². The first-order chi connectivity index (χ1) is 18.3. The van der Waals surface area contributed by atoms with Gasteiger partial charge in [-0.25, -0.2) is 4.39 Å². The van der Waals surface area contributed by atoms with Gasteiger partial charge in [-0.2, -0.15) is 13.2 Å². The molecule has 0 spiro atoms. The summed E-state index contributed by atoms with van der Waals surface area (Å²) < 4.78 is 63.6. The molecule has 0 aromatic carbocycles. The van der Waals surface area contributed by atoms with Crippen molar-refractivity contribution in [2.24, 2.45) is 41.4 Å². The van der Waals surface area contributed by atoms with Crippen LogP contribution in [0.4, 0.5) is 17.6 Å². The molecule has 1 saturated heterocycles. The molecule has 0 bridgehead atoms. The van der Waals surface area contributed by atoms with E-state index in [1.165, 1.54) is 77.0 Å². The average molecular weight is 543 g/mol. The molecule has 0 unspecified atom stereocenters. The molecule has 0 aromatic heterocycles. The number of unbranched alkanes of at least 4 members (excludes halogenated alkanes) is 2. The second kappa shape index (κ2) is 14.7. The normalized spacial score (nSPS) is 38.0. The summed E-state index contributed by atoms with van der Waals surface area (Å²) in [5.74, 6) is 2.15. The molecule has 6 heteroatoms. The molecule has 218 valence electrons. The van der Waals surface area contributed by atoms with Crippen molar-refractivity contribution >= 4 is 0 Å². The van der Waals surface area contributed by atoms with E-state index in [1.807, 2.05) is 0 Å². The number of allylic oxidation sites excluding steroid dienone is 4. The van der Waals surface area contributed by atoms with E-state index in [0.29, 0.717) is 48.3 Å². The van der Waals surface area contributed by atoms with Gasteiger partial charge in [-0.15, -0.1) is 0 Å². The number of alkyl halides is 3. The van der Waals surface area contributed by atoms with Gasteiger partial charge >= 0.3 is 6.18 Å². The van der Waals surface area contributed by atoms with E-state index in [2.05, 4.69) is 19.1 Å². The van der Waals surface area contributed by atoms with E-state index < -0.39 is 17.9 Å². The molecule has 38 heavy (non-hydrogen) atoms. The minimum atomic E-state index is -4.55. The fraction of sp³-hybridized carbons (Fsp3) is 0.875. The van der Waals surface area contributed by atoms with E-state index in [4.69, 9.17) is 9.47 Å². The summed E-state index contributed by atoms with van der Waals surface area (Å²) in [5.41, 5.74) is 0. The largest absolute Gasteiger partial charge is 0.412 e. The molecule has 0 radical (unpaired) electrons. The van der Waals surface area contributed by atoms with Gasteiger partial charge in [-0.1, -0.05) is 38.3 Å². The molecule has 1 heterocycles. The Labute approximate surface area is 228 Å². The zero-order valence-electron chi connectivity index (χ0n) is 23.4. The van der Waals surface area contributed by atoms with Gasteiger partial charge in [0.05, 0.1) is 19.3 Å². The molecule has 0 amide bonds. The Kier molecular flexibility index (Phi) is 11.6. The summed E-state index contributed by atoms with van der Waals surface area (Å²) in [6, 6.07) is 0. The van der Waals surface area contributed by atoms with Crippen LogP contribution in [0.3, 0.4) is 0 Å². The molecule has 0 aromatic rings. The minimum Gasteiger partial charge on any atom is -0.352 e. The lowest BCUT2D eigenvalue weighted by atomic mass is 9.69. The molecular weight excluding hydrogens is 492 g/mol. The monoisotopic (exact) mass is 542 g/mol. The third-order valence-electron chi connectivity index (χ3n) is 10.0. The average Bonchev–Trinajstić information content (AvgIpc) is 2.92. The van der Waals surface area contributed by atoms with Gasteiger partial charge in [-0.05, 0) is 107 Å². The van der Waals surface area contributed by atoms with E-state index in [0.717, 1.165) is 26.1 Å². The van der Waals surface area contributed by atoms with Crippen LogP contribution < -0.4 is 0 Å². The van der Waals surface area contributed by atoms with Gasteiger partial charge in [0.2, 0.25) is 0 Å². The van der Waals surface area contributed by atoms with Gasteiger partial charge in [0, 0.05) is 17.8 Å². The zero-order chi connectivity index (χ0) is 27.0. The summed E-state index contributed by atoms with van der Waals surface area (Å²) >= 11 is 0. The van der Waals surface area contributed by atoms with Crippen LogP contribution in [0.1, 0.15) is 110 Å². The highest BCUT2D eigenvalue weighted by molar-refractivity contribution is 5.03. The van der Waals surface area contributed by atoms with Crippen LogP contribution in [-0.2, 0) is 9.47 Å². The Morgan fingerprint density at radius 2 is 1.21 bits per heavy atom. The maximum Gasteiger partial charge on any atom is 0.412 e. The molecule has 1 aliphatic heterocycles. The maximum absolute atomic E-state index is 13.9. The van der Waals surface area contributed by atoms with Crippen molar-refractivity contribution in [2.75, 3.05) is 13.2 Å². The highest BCUT2D eigenvalue weighted by Crippen LogP contribution is 2.44. The second-order valence-corrected chi connectivity index (χ2v) is 12.8. The van der Waals surface area contributed by atoms with Crippen molar-refractivity contribution in [3.05, 3.63) is 24.1 Å². The fourth-order valence-corrected chi connectivity index (χ4v) is 7.55. The minimum absolute atomic E-state index is 0.00449. The SMILES string of the molecule is CCCCCC1COC(C2CCC(/C=C/C3CCC(C4CCC(/C(F)=C/C(F)(F)F)CC4)CC3)CC2)OC1. The van der Waals surface area contributed by atoms with E-state index >= 15 is 0 Å². The van der Waals surface area contributed by atoms with Crippen molar-refractivity contribution < 1.29 is 27.0 Å². The number of hydrogen-bond acceptors (Lipinski definition) is 2. The molecular formula is C32H50F4O2. The fourth-order valence-electron chi connectivity index (χ4n) is 7.55. The van der Waals surface area contributed by atoms with E-state index in [-0.39, 0.29) is 12.4 Å². The predicted octanol–water partition coefficient (Wildman–Crippen LogP) is 9.95. The molecule has 4 rings (SSSR count). The number of ether oxygens (including phenoxy) is 2.